The smallest absolute Gasteiger partial charge is 0.248 e. The summed E-state index contributed by atoms with van der Waals surface area (Å²) in [6.45, 7) is 2.19. The molecule has 6 nitrogen and oxygen atoms in total. The third-order valence-corrected chi connectivity index (χ3v) is 6.52. The molecule has 0 spiro atoms. The van der Waals surface area contributed by atoms with Gasteiger partial charge in [-0.2, -0.15) is 0 Å². The van der Waals surface area contributed by atoms with Crippen molar-refractivity contribution in [2.45, 2.75) is 75.9 Å². The van der Waals surface area contributed by atoms with E-state index >= 15 is 0 Å². The Morgan fingerprint density at radius 3 is 2.82 bits per heavy atom. The number of rotatable bonds is 4. The number of H-pyrrole nitrogens is 1. The molecule has 0 bridgehead atoms. The maximum absolute atomic E-state index is 13.4. The molecule has 28 heavy (non-hydrogen) atoms. The first-order chi connectivity index (χ1) is 13.5. The number of aromatic nitrogens is 5. The second-order valence-electron chi connectivity index (χ2n) is 8.28. The lowest BCUT2D eigenvalue weighted by Gasteiger charge is -2.30. The number of nitrogens with zero attached hydrogens (tertiary/aromatic N) is 4. The van der Waals surface area contributed by atoms with Gasteiger partial charge in [0.05, 0.1) is 23.9 Å². The first-order valence-electron chi connectivity index (χ1n) is 10.2. The molecule has 3 aromatic rings. The first kappa shape index (κ1) is 18.0. The minimum absolute atomic E-state index is 0.0448. The molecule has 2 aliphatic rings. The zero-order valence-corrected chi connectivity index (χ0v) is 15.9. The molecule has 150 valence electrons. The van der Waals surface area contributed by atoms with E-state index in [0.29, 0.717) is 18.8 Å². The molecular weight excluding hydrogens is 364 g/mol. The van der Waals surface area contributed by atoms with Crippen molar-refractivity contribution in [2.24, 2.45) is 5.92 Å². The average molecular weight is 389 g/mol. The van der Waals surface area contributed by atoms with Crippen LogP contribution in [-0.4, -0.2) is 42.7 Å². The van der Waals surface area contributed by atoms with Gasteiger partial charge in [-0.3, -0.25) is 4.40 Å². The lowest BCUT2D eigenvalue weighted by atomic mass is 9.93. The Balaban J connectivity index is 1.38. The summed E-state index contributed by atoms with van der Waals surface area (Å²) in [5.74, 6) is -0.865. The van der Waals surface area contributed by atoms with Crippen molar-refractivity contribution in [3.63, 3.8) is 0 Å². The Morgan fingerprint density at radius 1 is 1.21 bits per heavy atom. The van der Waals surface area contributed by atoms with Gasteiger partial charge in [-0.05, 0) is 37.7 Å². The predicted octanol–water partition coefficient (Wildman–Crippen LogP) is 4.47. The molecule has 3 atom stereocenters. The van der Waals surface area contributed by atoms with Crippen LogP contribution in [0.4, 0.5) is 8.78 Å². The zero-order valence-electron chi connectivity index (χ0n) is 15.9. The Bertz CT molecular complexity index is 973. The van der Waals surface area contributed by atoms with Gasteiger partial charge in [-0.15, -0.1) is 10.2 Å². The number of aromatic amines is 1. The van der Waals surface area contributed by atoms with Gasteiger partial charge in [0.2, 0.25) is 5.92 Å². The number of nitrogens with one attached hydrogen (secondary N) is 1. The van der Waals surface area contributed by atoms with Gasteiger partial charge in [-0.25, -0.2) is 13.8 Å². The third-order valence-electron chi connectivity index (χ3n) is 6.52. The van der Waals surface area contributed by atoms with E-state index in [9.17, 15) is 8.78 Å². The summed E-state index contributed by atoms with van der Waals surface area (Å²) in [6, 6.07) is 1.99. The van der Waals surface area contributed by atoms with Crippen molar-refractivity contribution in [3.05, 3.63) is 24.3 Å². The van der Waals surface area contributed by atoms with Crippen LogP contribution in [0.25, 0.3) is 16.8 Å². The van der Waals surface area contributed by atoms with Gasteiger partial charge >= 0.3 is 0 Å². The molecule has 0 aliphatic heterocycles. The van der Waals surface area contributed by atoms with Crippen LogP contribution in [0.2, 0.25) is 0 Å². The number of hydrogen-bond donors (Lipinski definition) is 1. The van der Waals surface area contributed by atoms with E-state index in [2.05, 4.69) is 31.5 Å². The van der Waals surface area contributed by atoms with Crippen LogP contribution in [0, 0.1) is 5.92 Å². The van der Waals surface area contributed by atoms with Gasteiger partial charge in [-0.1, -0.05) is 13.3 Å². The molecule has 0 amide bonds. The minimum Gasteiger partial charge on any atom is -0.375 e. The highest BCUT2D eigenvalue weighted by Gasteiger charge is 2.41. The number of fused-ring (bicyclic) bond motifs is 3. The zero-order chi connectivity index (χ0) is 19.3. The topological polar surface area (TPSA) is 68.1 Å². The standard InChI is InChI=1S/C20H25F2N5O/c1-2-12-9-14(28-13-3-6-20(21,22)7-4-13)10-15(12)19-26-25-17-11-24-18-16(27(17)19)5-8-23-18/h5,8,11-15,23H,2-4,6-7,9-10H2,1H3/t12-,14-,15+/m1/s1. The molecule has 0 aromatic carbocycles. The second-order valence-corrected chi connectivity index (χ2v) is 8.28. The molecule has 2 aliphatic carbocycles. The number of ether oxygens (including phenoxy) is 1. The molecule has 3 aromatic heterocycles. The van der Waals surface area contributed by atoms with Crippen molar-refractivity contribution in [1.29, 1.82) is 0 Å². The Morgan fingerprint density at radius 2 is 2.04 bits per heavy atom. The summed E-state index contributed by atoms with van der Waals surface area (Å²) in [7, 11) is 0. The molecule has 0 unspecified atom stereocenters. The molecule has 2 fully saturated rings. The van der Waals surface area contributed by atoms with E-state index in [4.69, 9.17) is 4.74 Å². The minimum atomic E-state index is -2.51. The van der Waals surface area contributed by atoms with Crippen LogP contribution < -0.4 is 0 Å². The van der Waals surface area contributed by atoms with Crippen molar-refractivity contribution in [1.82, 2.24) is 24.6 Å². The quantitative estimate of drug-likeness (QED) is 0.715. The van der Waals surface area contributed by atoms with Gasteiger partial charge in [0.25, 0.3) is 0 Å². The van der Waals surface area contributed by atoms with Crippen LogP contribution in [0.3, 0.4) is 0 Å². The molecule has 0 radical (unpaired) electrons. The molecule has 2 saturated carbocycles. The van der Waals surface area contributed by atoms with Gasteiger partial charge in [0.15, 0.2) is 11.3 Å². The van der Waals surface area contributed by atoms with Crippen LogP contribution in [0.5, 0.6) is 0 Å². The van der Waals surface area contributed by atoms with Crippen LogP contribution in [-0.2, 0) is 4.74 Å². The Hall–Kier alpha value is -2.09. The van der Waals surface area contributed by atoms with E-state index in [1.807, 2.05) is 12.3 Å². The molecule has 0 saturated heterocycles. The number of alkyl halides is 2. The van der Waals surface area contributed by atoms with Crippen molar-refractivity contribution >= 4 is 16.8 Å². The molecule has 5 rings (SSSR count). The molecule has 3 heterocycles. The molecular formula is C20H25F2N5O. The SMILES string of the molecule is CC[C@@H]1C[C@@H](OC2CCC(F)(F)CC2)C[C@@H]1c1nnc2cnc3[nH]ccc3n12. The maximum atomic E-state index is 13.4. The number of halogens is 2. The van der Waals surface area contributed by atoms with Crippen LogP contribution >= 0.6 is 0 Å². The fraction of sp³-hybridized carbons (Fsp3) is 0.650. The number of hydrogen-bond acceptors (Lipinski definition) is 4. The Kier molecular flexibility index (Phi) is 4.34. The Labute approximate surface area is 161 Å². The van der Waals surface area contributed by atoms with Crippen molar-refractivity contribution in [3.8, 4) is 0 Å². The third kappa shape index (κ3) is 3.07. The lowest BCUT2D eigenvalue weighted by molar-refractivity contribution is -0.0980. The summed E-state index contributed by atoms with van der Waals surface area (Å²) < 4.78 is 35.2. The van der Waals surface area contributed by atoms with Gasteiger partial charge in [0, 0.05) is 25.0 Å². The van der Waals surface area contributed by atoms with Crippen molar-refractivity contribution in [2.75, 3.05) is 0 Å². The van der Waals surface area contributed by atoms with E-state index in [1.54, 1.807) is 6.20 Å². The summed E-state index contributed by atoms with van der Waals surface area (Å²) in [6.07, 6.45) is 7.30. The fourth-order valence-corrected chi connectivity index (χ4v) is 5.01. The second kappa shape index (κ2) is 6.76. The van der Waals surface area contributed by atoms with E-state index in [1.165, 1.54) is 0 Å². The largest absolute Gasteiger partial charge is 0.375 e. The molecule has 8 heteroatoms. The normalized spacial score (nSPS) is 28.5. The summed E-state index contributed by atoms with van der Waals surface area (Å²) in [5.41, 5.74) is 2.54. The predicted molar refractivity (Wildman–Crippen MR) is 100 cm³/mol. The summed E-state index contributed by atoms with van der Waals surface area (Å²) in [5, 5.41) is 8.84. The van der Waals surface area contributed by atoms with E-state index in [-0.39, 0.29) is 31.0 Å². The maximum Gasteiger partial charge on any atom is 0.248 e. The lowest BCUT2D eigenvalue weighted by Crippen LogP contribution is -2.31. The van der Waals surface area contributed by atoms with Crippen LogP contribution in [0.15, 0.2) is 18.5 Å². The van der Waals surface area contributed by atoms with E-state index in [0.717, 1.165) is 41.9 Å². The van der Waals surface area contributed by atoms with Crippen molar-refractivity contribution < 1.29 is 13.5 Å². The molecule has 1 N–H and O–H groups in total. The van der Waals surface area contributed by atoms with Gasteiger partial charge in [0.1, 0.15) is 5.82 Å². The highest BCUT2D eigenvalue weighted by molar-refractivity contribution is 5.74. The highest BCUT2D eigenvalue weighted by atomic mass is 19.3. The van der Waals surface area contributed by atoms with Gasteiger partial charge < -0.3 is 9.72 Å². The highest BCUT2D eigenvalue weighted by Crippen LogP contribution is 2.44. The first-order valence-corrected chi connectivity index (χ1v) is 10.2. The average Bonchev–Trinajstić information content (AvgIpc) is 3.39. The monoisotopic (exact) mass is 389 g/mol. The summed E-state index contributed by atoms with van der Waals surface area (Å²) in [4.78, 5) is 7.53. The fourth-order valence-electron chi connectivity index (χ4n) is 5.01. The summed E-state index contributed by atoms with van der Waals surface area (Å²) >= 11 is 0. The van der Waals surface area contributed by atoms with Crippen LogP contribution in [0.1, 0.15) is 63.6 Å². The van der Waals surface area contributed by atoms with E-state index < -0.39 is 5.92 Å².